The highest BCUT2D eigenvalue weighted by atomic mass is 32.2. The second-order valence-electron chi connectivity index (χ2n) is 10.8. The molecule has 0 unspecified atom stereocenters. The molecule has 0 radical (unpaired) electrons. The molecule has 1 aliphatic carbocycles. The summed E-state index contributed by atoms with van der Waals surface area (Å²) in [5.74, 6) is 1.31. The van der Waals surface area contributed by atoms with Crippen molar-refractivity contribution in [3.8, 4) is 11.4 Å². The van der Waals surface area contributed by atoms with E-state index in [-0.39, 0.29) is 34.6 Å². The summed E-state index contributed by atoms with van der Waals surface area (Å²) in [6.45, 7) is 9.05. The topological polar surface area (TPSA) is 85.2 Å². The summed E-state index contributed by atoms with van der Waals surface area (Å²) in [6.07, 6.45) is 6.34. The summed E-state index contributed by atoms with van der Waals surface area (Å²) in [4.78, 5) is 14.8. The molecule has 35 heavy (non-hydrogen) atoms. The van der Waals surface area contributed by atoms with Crippen molar-refractivity contribution in [1.82, 2.24) is 19.7 Å². The van der Waals surface area contributed by atoms with Crippen LogP contribution >= 0.6 is 11.8 Å². The fourth-order valence-corrected chi connectivity index (χ4v) is 7.85. The smallest absolute Gasteiger partial charge is 0.233 e. The lowest BCUT2D eigenvalue weighted by Crippen LogP contribution is -2.42. The summed E-state index contributed by atoms with van der Waals surface area (Å²) < 4.78 is 26.1. The zero-order valence-electron chi connectivity index (χ0n) is 21.4. The molecule has 1 aromatic heterocycles. The Morgan fingerprint density at radius 3 is 2.34 bits per heavy atom. The molecular formula is C26H38N4O3S2. The monoisotopic (exact) mass is 518 g/mol. The van der Waals surface area contributed by atoms with Gasteiger partial charge in [0.2, 0.25) is 5.91 Å². The van der Waals surface area contributed by atoms with Gasteiger partial charge in [0.25, 0.3) is 0 Å². The minimum atomic E-state index is -3.04. The molecule has 2 aromatic rings. The maximum absolute atomic E-state index is 13.1. The molecule has 1 atom stereocenters. The Kier molecular flexibility index (Phi) is 7.95. The summed E-state index contributed by atoms with van der Waals surface area (Å²) in [5.41, 5.74) is 2.40. The highest BCUT2D eigenvalue weighted by molar-refractivity contribution is 7.99. The van der Waals surface area contributed by atoms with Gasteiger partial charge in [-0.1, -0.05) is 76.1 Å². The maximum Gasteiger partial charge on any atom is 0.233 e. The average molecular weight is 519 g/mol. The van der Waals surface area contributed by atoms with Gasteiger partial charge in [0.15, 0.2) is 20.8 Å². The zero-order valence-corrected chi connectivity index (χ0v) is 23.0. The minimum absolute atomic E-state index is 0.0334. The summed E-state index contributed by atoms with van der Waals surface area (Å²) in [7, 11) is -3.04. The molecule has 0 N–H and O–H groups in total. The van der Waals surface area contributed by atoms with E-state index in [1.54, 1.807) is 4.90 Å². The van der Waals surface area contributed by atoms with Crippen LogP contribution in [0.15, 0.2) is 29.4 Å². The number of benzene rings is 1. The van der Waals surface area contributed by atoms with Gasteiger partial charge in [0, 0.05) is 24.2 Å². The van der Waals surface area contributed by atoms with Gasteiger partial charge in [-0.2, -0.15) is 0 Å². The van der Waals surface area contributed by atoms with E-state index in [0.29, 0.717) is 19.0 Å². The van der Waals surface area contributed by atoms with Crippen LogP contribution in [0.25, 0.3) is 11.4 Å². The Bertz CT molecular complexity index is 1130. The normalized spacial score (nSPS) is 20.7. The highest BCUT2D eigenvalue weighted by Crippen LogP contribution is 2.36. The predicted octanol–water partition coefficient (Wildman–Crippen LogP) is 4.88. The lowest BCUT2D eigenvalue weighted by atomic mass is 9.86. The maximum atomic E-state index is 13.1. The van der Waals surface area contributed by atoms with Gasteiger partial charge in [-0.15, -0.1) is 10.2 Å². The molecule has 192 valence electrons. The number of carbonyl (C=O) groups is 1. The first-order valence-corrected chi connectivity index (χ1v) is 15.6. The molecule has 2 aliphatic rings. The number of thioether (sulfide) groups is 1. The lowest BCUT2D eigenvalue weighted by Gasteiger charge is -2.27. The number of rotatable bonds is 7. The fraction of sp³-hybridized carbons (Fsp3) is 0.654. The predicted molar refractivity (Wildman–Crippen MR) is 141 cm³/mol. The van der Waals surface area contributed by atoms with Gasteiger partial charge in [0.1, 0.15) is 0 Å². The van der Waals surface area contributed by atoms with Crippen molar-refractivity contribution >= 4 is 27.5 Å². The first kappa shape index (κ1) is 26.2. The van der Waals surface area contributed by atoms with Crippen LogP contribution in [0.4, 0.5) is 0 Å². The standard InChI is InChI=1S/C26H38N4O3S2/c1-5-29(22-15-16-35(32,33)18-22)23(31)17-34-25-28-27-24(30(25)21-9-7-6-8-10-21)19-11-13-20(14-12-19)26(2,3)4/h11-14,21-22H,5-10,15-18H2,1-4H3/t22-/m1/s1. The van der Waals surface area contributed by atoms with Gasteiger partial charge in [-0.25, -0.2) is 8.42 Å². The largest absolute Gasteiger partial charge is 0.338 e. The number of hydrogen-bond acceptors (Lipinski definition) is 6. The van der Waals surface area contributed by atoms with E-state index in [0.717, 1.165) is 29.4 Å². The molecular weight excluding hydrogens is 480 g/mol. The highest BCUT2D eigenvalue weighted by Gasteiger charge is 2.34. The van der Waals surface area contributed by atoms with E-state index in [1.165, 1.54) is 36.6 Å². The van der Waals surface area contributed by atoms with E-state index < -0.39 is 9.84 Å². The number of carbonyl (C=O) groups excluding carboxylic acids is 1. The lowest BCUT2D eigenvalue weighted by molar-refractivity contribution is -0.129. The Balaban J connectivity index is 1.55. The minimum Gasteiger partial charge on any atom is -0.338 e. The van der Waals surface area contributed by atoms with E-state index in [9.17, 15) is 13.2 Å². The van der Waals surface area contributed by atoms with Crippen molar-refractivity contribution in [2.75, 3.05) is 23.8 Å². The van der Waals surface area contributed by atoms with Gasteiger partial charge < -0.3 is 4.90 Å². The van der Waals surface area contributed by atoms with Crippen molar-refractivity contribution in [1.29, 1.82) is 0 Å². The molecule has 0 bridgehead atoms. The van der Waals surface area contributed by atoms with Crippen LogP contribution in [0.5, 0.6) is 0 Å². The van der Waals surface area contributed by atoms with Crippen LogP contribution in [0.1, 0.15) is 77.8 Å². The molecule has 0 spiro atoms. The van der Waals surface area contributed by atoms with Crippen LogP contribution < -0.4 is 0 Å². The molecule has 1 saturated carbocycles. The van der Waals surface area contributed by atoms with Crippen LogP contribution in [0.3, 0.4) is 0 Å². The summed E-state index contributed by atoms with van der Waals surface area (Å²) in [6, 6.07) is 8.70. The fourth-order valence-electron chi connectivity index (χ4n) is 5.23. The number of nitrogens with zero attached hydrogens (tertiary/aromatic N) is 4. The first-order valence-electron chi connectivity index (χ1n) is 12.8. The number of sulfone groups is 1. The van der Waals surface area contributed by atoms with Crippen molar-refractivity contribution in [2.24, 2.45) is 0 Å². The Hall–Kier alpha value is -1.87. The van der Waals surface area contributed by atoms with Crippen molar-refractivity contribution in [3.05, 3.63) is 29.8 Å². The third-order valence-electron chi connectivity index (χ3n) is 7.25. The Morgan fingerprint density at radius 1 is 1.09 bits per heavy atom. The van der Waals surface area contributed by atoms with Crippen LogP contribution in [0, 0.1) is 0 Å². The van der Waals surface area contributed by atoms with Crippen LogP contribution in [-0.4, -0.2) is 63.8 Å². The van der Waals surface area contributed by atoms with Gasteiger partial charge in [-0.3, -0.25) is 9.36 Å². The zero-order chi connectivity index (χ0) is 25.2. The number of amides is 1. The average Bonchev–Trinajstić information content (AvgIpc) is 3.41. The second-order valence-corrected chi connectivity index (χ2v) is 14.0. The molecule has 1 aliphatic heterocycles. The molecule has 7 nitrogen and oxygen atoms in total. The number of hydrogen-bond donors (Lipinski definition) is 0. The van der Waals surface area contributed by atoms with Crippen molar-refractivity contribution in [3.63, 3.8) is 0 Å². The van der Waals surface area contributed by atoms with Crippen molar-refractivity contribution in [2.45, 2.75) is 88.9 Å². The van der Waals surface area contributed by atoms with Gasteiger partial charge >= 0.3 is 0 Å². The van der Waals surface area contributed by atoms with Gasteiger partial charge in [-0.05, 0) is 37.2 Å². The third kappa shape index (κ3) is 6.10. The SMILES string of the molecule is CCN(C(=O)CSc1nnc(-c2ccc(C(C)(C)C)cc2)n1C1CCCCC1)[C@@H]1CCS(=O)(=O)C1. The van der Waals surface area contributed by atoms with Crippen LogP contribution in [-0.2, 0) is 20.0 Å². The van der Waals surface area contributed by atoms with Gasteiger partial charge in [0.05, 0.1) is 17.3 Å². The van der Waals surface area contributed by atoms with E-state index in [1.807, 2.05) is 6.92 Å². The molecule has 4 rings (SSSR count). The van der Waals surface area contributed by atoms with E-state index in [4.69, 9.17) is 0 Å². The quantitative estimate of drug-likeness (QED) is 0.486. The van der Waals surface area contributed by atoms with E-state index in [2.05, 4.69) is 59.8 Å². The second kappa shape index (κ2) is 10.6. The third-order valence-corrected chi connectivity index (χ3v) is 9.93. The number of aromatic nitrogens is 3. The molecule has 1 saturated heterocycles. The molecule has 2 fully saturated rings. The first-order chi connectivity index (χ1) is 16.6. The van der Waals surface area contributed by atoms with Crippen molar-refractivity contribution < 1.29 is 13.2 Å². The summed E-state index contributed by atoms with van der Waals surface area (Å²) in [5, 5.41) is 9.88. The molecule has 2 heterocycles. The Morgan fingerprint density at radius 2 is 1.77 bits per heavy atom. The Labute approximate surface area is 214 Å². The molecule has 1 amide bonds. The summed E-state index contributed by atoms with van der Waals surface area (Å²) >= 11 is 1.42. The van der Waals surface area contributed by atoms with Crippen LogP contribution in [0.2, 0.25) is 0 Å². The molecule has 1 aromatic carbocycles. The van der Waals surface area contributed by atoms with E-state index >= 15 is 0 Å². The molecule has 9 heteroatoms.